The molecule has 2 nitrogen and oxygen atoms in total. The van der Waals surface area contributed by atoms with Crippen molar-refractivity contribution in [1.82, 2.24) is 5.32 Å². The van der Waals surface area contributed by atoms with Gasteiger partial charge in [-0.2, -0.15) is 0 Å². The third kappa shape index (κ3) is 5.91. The molecule has 1 N–H and O–H groups in total. The van der Waals surface area contributed by atoms with E-state index in [0.29, 0.717) is 12.5 Å². The highest BCUT2D eigenvalue weighted by Gasteiger charge is 2.01. The van der Waals surface area contributed by atoms with Crippen molar-refractivity contribution in [3.8, 4) is 0 Å². The summed E-state index contributed by atoms with van der Waals surface area (Å²) in [7, 11) is 0. The Balaban J connectivity index is 2.40. The Morgan fingerprint density at radius 1 is 1.29 bits per heavy atom. The summed E-state index contributed by atoms with van der Waals surface area (Å²) in [6.07, 6.45) is 3.08. The molecule has 1 aromatic rings. The molecular weight excluding hydrogens is 210 g/mol. The molecule has 0 radical (unpaired) electrons. The molecule has 0 heterocycles. The van der Waals surface area contributed by atoms with Crippen LogP contribution < -0.4 is 5.32 Å². The van der Waals surface area contributed by atoms with Gasteiger partial charge in [-0.25, -0.2) is 0 Å². The fraction of sp³-hybridized carbons (Fsp3) is 0.400. The molecule has 0 atom stereocenters. The van der Waals surface area contributed by atoms with E-state index in [1.54, 1.807) is 6.08 Å². The minimum absolute atomic E-state index is 0.180. The molecule has 0 bridgehead atoms. The van der Waals surface area contributed by atoms with Gasteiger partial charge in [0.1, 0.15) is 0 Å². The average molecular weight is 231 g/mol. The molecule has 0 unspecified atom stereocenters. The lowest BCUT2D eigenvalue weighted by Crippen LogP contribution is -2.21. The summed E-state index contributed by atoms with van der Waals surface area (Å²) in [5, 5.41) is 3.21. The van der Waals surface area contributed by atoms with Crippen molar-refractivity contribution in [1.29, 1.82) is 0 Å². The predicted molar refractivity (Wildman–Crippen MR) is 71.8 cm³/mol. The van der Waals surface area contributed by atoms with Gasteiger partial charge in [-0.15, -0.1) is 0 Å². The van der Waals surface area contributed by atoms with E-state index in [-0.39, 0.29) is 5.78 Å². The topological polar surface area (TPSA) is 29.1 Å². The summed E-state index contributed by atoms with van der Waals surface area (Å²) in [5.41, 5.74) is 2.15. The number of allylic oxidation sites excluding steroid dienone is 2. The molecule has 0 amide bonds. The average Bonchev–Trinajstić information content (AvgIpc) is 2.26. The van der Waals surface area contributed by atoms with Crippen molar-refractivity contribution in [2.75, 3.05) is 0 Å². The molecule has 0 aliphatic heterocycles. The highest BCUT2D eigenvalue weighted by atomic mass is 16.1. The van der Waals surface area contributed by atoms with Gasteiger partial charge in [-0.05, 0) is 38.8 Å². The van der Waals surface area contributed by atoms with Crippen LogP contribution in [0.25, 0.3) is 0 Å². The van der Waals surface area contributed by atoms with Crippen molar-refractivity contribution in [3.63, 3.8) is 0 Å². The number of rotatable bonds is 6. The van der Waals surface area contributed by atoms with Gasteiger partial charge in [0.25, 0.3) is 0 Å². The number of benzene rings is 1. The van der Waals surface area contributed by atoms with E-state index in [1.807, 2.05) is 25.1 Å². The summed E-state index contributed by atoms with van der Waals surface area (Å²) in [6.45, 7) is 6.05. The maximum Gasteiger partial charge on any atom is 0.157 e. The minimum atomic E-state index is 0.180. The van der Waals surface area contributed by atoms with Gasteiger partial charge in [-0.3, -0.25) is 4.79 Å². The second kappa shape index (κ2) is 6.89. The molecule has 0 fully saturated rings. The Hall–Kier alpha value is -1.57. The Morgan fingerprint density at radius 2 is 1.94 bits per heavy atom. The molecule has 0 saturated carbocycles. The molecule has 17 heavy (non-hydrogen) atoms. The first-order chi connectivity index (χ1) is 8.08. The van der Waals surface area contributed by atoms with E-state index >= 15 is 0 Å². The van der Waals surface area contributed by atoms with E-state index in [9.17, 15) is 4.79 Å². The van der Waals surface area contributed by atoms with Crippen LogP contribution in [0.2, 0.25) is 0 Å². The molecule has 0 saturated heterocycles. The maximum absolute atomic E-state index is 11.7. The monoisotopic (exact) mass is 231 g/mol. The van der Waals surface area contributed by atoms with Crippen LogP contribution in [0.4, 0.5) is 0 Å². The van der Waals surface area contributed by atoms with Crippen molar-refractivity contribution < 1.29 is 4.79 Å². The second-order valence-corrected chi connectivity index (χ2v) is 4.58. The first-order valence-electron chi connectivity index (χ1n) is 6.09. The normalized spacial score (nSPS) is 11.6. The van der Waals surface area contributed by atoms with Crippen LogP contribution in [0, 0.1) is 0 Å². The lowest BCUT2D eigenvalue weighted by molar-refractivity contribution is -0.114. The minimum Gasteiger partial charge on any atom is -0.386 e. The van der Waals surface area contributed by atoms with Gasteiger partial charge >= 0.3 is 0 Å². The van der Waals surface area contributed by atoms with Gasteiger partial charge in [-0.1, -0.05) is 30.3 Å². The van der Waals surface area contributed by atoms with Crippen LogP contribution >= 0.6 is 0 Å². The van der Waals surface area contributed by atoms with Gasteiger partial charge < -0.3 is 5.32 Å². The summed E-state index contributed by atoms with van der Waals surface area (Å²) < 4.78 is 0. The Labute approximate surface area is 104 Å². The molecule has 1 aromatic carbocycles. The van der Waals surface area contributed by atoms with Gasteiger partial charge in [0.15, 0.2) is 5.78 Å². The Bertz CT molecular complexity index is 379. The van der Waals surface area contributed by atoms with Gasteiger partial charge in [0, 0.05) is 18.2 Å². The standard InChI is InChI=1S/C15H21NO/c1-12(2)16-13(3)11-15(17)10-9-14-7-5-4-6-8-14/h4-8,11-12,16H,9-10H2,1-3H3/b13-11-. The summed E-state index contributed by atoms with van der Waals surface area (Å²) in [6, 6.07) is 10.5. The van der Waals surface area contributed by atoms with Crippen LogP contribution in [-0.2, 0) is 11.2 Å². The largest absolute Gasteiger partial charge is 0.386 e. The van der Waals surface area contributed by atoms with Gasteiger partial charge in [0.05, 0.1) is 0 Å². The first kappa shape index (κ1) is 13.5. The smallest absolute Gasteiger partial charge is 0.157 e. The highest BCUT2D eigenvalue weighted by molar-refractivity contribution is 5.90. The van der Waals surface area contributed by atoms with E-state index in [4.69, 9.17) is 0 Å². The van der Waals surface area contributed by atoms with E-state index < -0.39 is 0 Å². The molecule has 1 rings (SSSR count). The van der Waals surface area contributed by atoms with Crippen LogP contribution in [0.1, 0.15) is 32.8 Å². The number of hydrogen-bond donors (Lipinski definition) is 1. The lowest BCUT2D eigenvalue weighted by atomic mass is 10.1. The third-order valence-electron chi connectivity index (χ3n) is 2.40. The molecular formula is C15H21NO. The quantitative estimate of drug-likeness (QED) is 0.762. The van der Waals surface area contributed by atoms with Crippen LogP contribution in [0.5, 0.6) is 0 Å². The molecule has 0 aliphatic carbocycles. The lowest BCUT2D eigenvalue weighted by Gasteiger charge is -2.09. The zero-order chi connectivity index (χ0) is 12.7. The Kier molecular flexibility index (Phi) is 5.47. The van der Waals surface area contributed by atoms with Crippen LogP contribution in [0.15, 0.2) is 42.1 Å². The molecule has 0 aromatic heterocycles. The van der Waals surface area contributed by atoms with E-state index in [1.165, 1.54) is 5.56 Å². The predicted octanol–water partition coefficient (Wildman–Crippen LogP) is 3.09. The van der Waals surface area contributed by atoms with E-state index in [2.05, 4.69) is 31.3 Å². The second-order valence-electron chi connectivity index (χ2n) is 4.58. The fourth-order valence-corrected chi connectivity index (χ4v) is 1.72. The number of carbonyl (C=O) groups excluding carboxylic acids is 1. The molecule has 0 spiro atoms. The van der Waals surface area contributed by atoms with E-state index in [0.717, 1.165) is 12.1 Å². The summed E-state index contributed by atoms with van der Waals surface area (Å²) in [4.78, 5) is 11.7. The van der Waals surface area contributed by atoms with Crippen LogP contribution in [0.3, 0.4) is 0 Å². The third-order valence-corrected chi connectivity index (χ3v) is 2.40. The zero-order valence-corrected chi connectivity index (χ0v) is 10.9. The van der Waals surface area contributed by atoms with Gasteiger partial charge in [0.2, 0.25) is 0 Å². The highest BCUT2D eigenvalue weighted by Crippen LogP contribution is 2.04. The Morgan fingerprint density at radius 3 is 2.53 bits per heavy atom. The number of carbonyl (C=O) groups is 1. The fourth-order valence-electron chi connectivity index (χ4n) is 1.72. The van der Waals surface area contributed by atoms with Crippen LogP contribution in [-0.4, -0.2) is 11.8 Å². The molecule has 92 valence electrons. The summed E-state index contributed by atoms with van der Waals surface area (Å²) >= 11 is 0. The van der Waals surface area contributed by atoms with Crippen molar-refractivity contribution >= 4 is 5.78 Å². The first-order valence-corrected chi connectivity index (χ1v) is 6.09. The molecule has 0 aliphatic rings. The number of hydrogen-bond acceptors (Lipinski definition) is 2. The summed E-state index contributed by atoms with van der Waals surface area (Å²) in [5.74, 6) is 0.180. The SMILES string of the molecule is C/C(=C/C(=O)CCc1ccccc1)NC(C)C. The molecule has 2 heteroatoms. The van der Waals surface area contributed by atoms with Crippen molar-refractivity contribution in [2.24, 2.45) is 0 Å². The number of ketones is 1. The zero-order valence-electron chi connectivity index (χ0n) is 10.9. The van der Waals surface area contributed by atoms with Crippen molar-refractivity contribution in [2.45, 2.75) is 39.7 Å². The maximum atomic E-state index is 11.7. The van der Waals surface area contributed by atoms with Crippen molar-refractivity contribution in [3.05, 3.63) is 47.7 Å². The number of nitrogens with one attached hydrogen (secondary N) is 1. The number of aryl methyl sites for hydroxylation is 1.